The Morgan fingerprint density at radius 2 is 1.32 bits per heavy atom. The average Bonchev–Trinajstić information content (AvgIpc) is 2.92. The van der Waals surface area contributed by atoms with Gasteiger partial charge in [-0.25, -0.2) is 9.59 Å². The normalized spacial score (nSPS) is 12.5. The SMILES string of the molecule is CCCCCCCCCCCCCCCCOC(=O)CSC[C@H](N)C(=O)N[C@@H](CO)C(=O)OC.O=C(O)C(F)(F)F. The molecular weight excluding hydrogens is 569 g/mol. The Bertz CT molecular complexity index is 715. The number of nitrogens with one attached hydrogen (secondary N) is 1. The van der Waals surface area contributed by atoms with Crippen LogP contribution in [-0.2, 0) is 28.7 Å². The Balaban J connectivity index is 0. The Morgan fingerprint density at radius 3 is 1.71 bits per heavy atom. The van der Waals surface area contributed by atoms with Gasteiger partial charge in [0, 0.05) is 5.75 Å². The number of thioether (sulfide) groups is 1. The van der Waals surface area contributed by atoms with Gasteiger partial charge >= 0.3 is 24.1 Å². The summed E-state index contributed by atoms with van der Waals surface area (Å²) in [7, 11) is 1.16. The molecule has 0 rings (SSSR count). The topological polar surface area (TPSA) is 165 Å². The van der Waals surface area contributed by atoms with Crippen molar-refractivity contribution in [2.75, 3.05) is 31.8 Å². The van der Waals surface area contributed by atoms with Crippen LogP contribution >= 0.6 is 11.8 Å². The molecule has 0 aliphatic rings. The van der Waals surface area contributed by atoms with Crippen LogP contribution in [0.2, 0.25) is 0 Å². The molecule has 0 fully saturated rings. The largest absolute Gasteiger partial charge is 0.490 e. The van der Waals surface area contributed by atoms with Gasteiger partial charge in [-0.2, -0.15) is 13.2 Å². The van der Waals surface area contributed by atoms with Crippen LogP contribution in [0.4, 0.5) is 13.2 Å². The number of unbranched alkanes of at least 4 members (excludes halogenated alkanes) is 13. The van der Waals surface area contributed by atoms with E-state index >= 15 is 0 Å². The zero-order chi connectivity index (χ0) is 31.5. The van der Waals surface area contributed by atoms with Crippen molar-refractivity contribution in [3.63, 3.8) is 0 Å². The summed E-state index contributed by atoms with van der Waals surface area (Å²) in [5.74, 6) is -4.11. The second-order valence-corrected chi connectivity index (χ2v) is 10.5. The quantitative estimate of drug-likeness (QED) is 0.0955. The molecule has 0 unspecified atom stereocenters. The highest BCUT2D eigenvalue weighted by Crippen LogP contribution is 2.14. The second-order valence-electron chi connectivity index (χ2n) is 9.51. The highest BCUT2D eigenvalue weighted by molar-refractivity contribution is 8.00. The van der Waals surface area contributed by atoms with Crippen molar-refractivity contribution in [1.82, 2.24) is 5.32 Å². The molecule has 0 aliphatic carbocycles. The third kappa shape index (κ3) is 26.6. The van der Waals surface area contributed by atoms with Gasteiger partial charge in [0.15, 0.2) is 6.04 Å². The number of ether oxygens (including phenoxy) is 2. The van der Waals surface area contributed by atoms with E-state index < -0.39 is 42.7 Å². The molecule has 0 saturated carbocycles. The van der Waals surface area contributed by atoms with Gasteiger partial charge in [0.1, 0.15) is 0 Å². The predicted octanol–water partition coefficient (Wildman–Crippen LogP) is 4.35. The molecule has 0 aromatic rings. The van der Waals surface area contributed by atoms with E-state index in [0.29, 0.717) is 6.61 Å². The summed E-state index contributed by atoms with van der Waals surface area (Å²) in [6.45, 7) is 2.09. The number of carboxylic acid groups (broad SMARTS) is 1. The Hall–Kier alpha value is -2.06. The van der Waals surface area contributed by atoms with E-state index in [0.717, 1.165) is 20.0 Å². The Labute approximate surface area is 245 Å². The molecule has 0 heterocycles. The maximum absolute atomic E-state index is 12.0. The van der Waals surface area contributed by atoms with Gasteiger partial charge in [-0.3, -0.25) is 9.59 Å². The van der Waals surface area contributed by atoms with Crippen LogP contribution in [-0.4, -0.2) is 84.1 Å². The average molecular weight is 619 g/mol. The standard InChI is InChI=1S/C25H48N2O6S.C2HF3O2/c1-3-4-5-6-7-8-9-10-11-12-13-14-15-16-17-33-23(29)20-34-19-21(26)24(30)27-22(18-28)25(31)32-2;3-2(4,5)1(6)7/h21-22,28H,3-20,26H2,1-2H3,(H,27,30);(H,6,7)/t21-,22-;/m0./s1. The van der Waals surface area contributed by atoms with E-state index in [9.17, 15) is 27.6 Å². The second kappa shape index (κ2) is 26.8. The van der Waals surface area contributed by atoms with Crippen molar-refractivity contribution in [3.05, 3.63) is 0 Å². The van der Waals surface area contributed by atoms with Crippen LogP contribution in [0.1, 0.15) is 96.8 Å². The minimum Gasteiger partial charge on any atom is -0.475 e. The maximum atomic E-state index is 12.0. The number of esters is 2. The van der Waals surface area contributed by atoms with Gasteiger partial charge in [0.25, 0.3) is 0 Å². The summed E-state index contributed by atoms with van der Waals surface area (Å²) in [6, 6.07) is -2.06. The van der Waals surface area contributed by atoms with E-state index in [2.05, 4.69) is 17.0 Å². The molecule has 5 N–H and O–H groups in total. The molecule has 0 aliphatic heterocycles. The molecule has 1 amide bonds. The number of aliphatic carboxylic acids is 1. The highest BCUT2D eigenvalue weighted by Gasteiger charge is 2.38. The number of aliphatic hydroxyl groups is 1. The van der Waals surface area contributed by atoms with Crippen LogP contribution < -0.4 is 11.1 Å². The van der Waals surface area contributed by atoms with Crippen molar-refractivity contribution >= 4 is 35.6 Å². The number of halogens is 3. The number of alkyl halides is 3. The smallest absolute Gasteiger partial charge is 0.475 e. The molecular formula is C27H49F3N2O8S. The van der Waals surface area contributed by atoms with Gasteiger partial charge in [-0.1, -0.05) is 90.4 Å². The predicted molar refractivity (Wildman–Crippen MR) is 151 cm³/mol. The van der Waals surface area contributed by atoms with Gasteiger partial charge in [-0.15, -0.1) is 11.8 Å². The number of hydrogen-bond donors (Lipinski definition) is 4. The minimum atomic E-state index is -5.08. The fraction of sp³-hybridized carbons (Fsp3) is 0.852. The Kier molecular flexibility index (Phi) is 26.9. The summed E-state index contributed by atoms with van der Waals surface area (Å²) in [6.07, 6.45) is 12.8. The summed E-state index contributed by atoms with van der Waals surface area (Å²) in [4.78, 5) is 44.0. The number of carbonyl (C=O) groups excluding carboxylic acids is 3. The molecule has 0 aromatic carbocycles. The van der Waals surface area contributed by atoms with Gasteiger partial charge < -0.3 is 30.7 Å². The van der Waals surface area contributed by atoms with E-state index in [1.807, 2.05) is 0 Å². The zero-order valence-electron chi connectivity index (χ0n) is 24.3. The lowest BCUT2D eigenvalue weighted by Gasteiger charge is -2.17. The van der Waals surface area contributed by atoms with E-state index in [4.69, 9.17) is 25.5 Å². The number of amides is 1. The van der Waals surface area contributed by atoms with Crippen molar-refractivity contribution in [2.24, 2.45) is 5.73 Å². The fourth-order valence-corrected chi connectivity index (χ4v) is 4.24. The molecule has 2 atom stereocenters. The lowest BCUT2D eigenvalue weighted by atomic mass is 10.0. The van der Waals surface area contributed by atoms with Crippen molar-refractivity contribution in [2.45, 2.75) is 115 Å². The van der Waals surface area contributed by atoms with Gasteiger partial charge in [0.2, 0.25) is 5.91 Å². The maximum Gasteiger partial charge on any atom is 0.490 e. The summed E-state index contributed by atoms with van der Waals surface area (Å²) < 4.78 is 41.4. The molecule has 0 spiro atoms. The number of methoxy groups -OCH3 is 1. The number of hydrogen-bond acceptors (Lipinski definition) is 9. The lowest BCUT2D eigenvalue weighted by molar-refractivity contribution is -0.192. The van der Waals surface area contributed by atoms with Crippen LogP contribution in [0.5, 0.6) is 0 Å². The molecule has 10 nitrogen and oxygen atoms in total. The van der Waals surface area contributed by atoms with E-state index in [1.54, 1.807) is 0 Å². The summed E-state index contributed by atoms with van der Waals surface area (Å²) in [5.41, 5.74) is 5.77. The van der Waals surface area contributed by atoms with Crippen LogP contribution in [0.3, 0.4) is 0 Å². The van der Waals surface area contributed by atoms with Gasteiger partial charge in [-0.05, 0) is 6.42 Å². The first-order valence-corrected chi connectivity index (χ1v) is 15.3. The first kappa shape index (κ1) is 41.1. The van der Waals surface area contributed by atoms with Crippen molar-refractivity contribution in [1.29, 1.82) is 0 Å². The van der Waals surface area contributed by atoms with E-state index in [1.165, 1.54) is 88.8 Å². The molecule has 242 valence electrons. The molecule has 41 heavy (non-hydrogen) atoms. The van der Waals surface area contributed by atoms with Crippen LogP contribution in [0, 0.1) is 0 Å². The molecule has 0 aromatic heterocycles. The number of nitrogens with two attached hydrogens (primary N) is 1. The Morgan fingerprint density at radius 1 is 0.878 bits per heavy atom. The van der Waals surface area contributed by atoms with Crippen LogP contribution in [0.15, 0.2) is 0 Å². The fourth-order valence-electron chi connectivity index (χ4n) is 3.47. The monoisotopic (exact) mass is 618 g/mol. The third-order valence-electron chi connectivity index (χ3n) is 5.84. The molecule has 14 heteroatoms. The summed E-state index contributed by atoms with van der Waals surface area (Å²) in [5, 5.41) is 18.6. The van der Waals surface area contributed by atoms with Gasteiger partial charge in [0.05, 0.1) is 32.1 Å². The van der Waals surface area contributed by atoms with Crippen molar-refractivity contribution < 1.29 is 52.0 Å². The van der Waals surface area contributed by atoms with Crippen LogP contribution in [0.25, 0.3) is 0 Å². The number of carboxylic acids is 1. The lowest BCUT2D eigenvalue weighted by Crippen LogP contribution is -2.51. The van der Waals surface area contributed by atoms with Crippen molar-refractivity contribution in [3.8, 4) is 0 Å². The molecule has 0 saturated heterocycles. The number of carbonyl (C=O) groups is 4. The summed E-state index contributed by atoms with van der Waals surface area (Å²) >= 11 is 1.20. The third-order valence-corrected chi connectivity index (χ3v) is 6.88. The minimum absolute atomic E-state index is 0.111. The zero-order valence-corrected chi connectivity index (χ0v) is 25.2. The first-order chi connectivity index (χ1) is 19.4. The highest BCUT2D eigenvalue weighted by atomic mass is 32.2. The number of rotatable bonds is 23. The first-order valence-electron chi connectivity index (χ1n) is 14.2. The molecule has 0 radical (unpaired) electrons. The molecule has 0 bridgehead atoms. The number of aliphatic hydroxyl groups excluding tert-OH is 1. The van der Waals surface area contributed by atoms with E-state index in [-0.39, 0.29) is 17.5 Å².